The van der Waals surface area contributed by atoms with Crippen molar-refractivity contribution in [1.82, 2.24) is 4.90 Å². The summed E-state index contributed by atoms with van der Waals surface area (Å²) in [6, 6.07) is 0. The molecule has 1 aliphatic heterocycles. The summed E-state index contributed by atoms with van der Waals surface area (Å²) in [5.41, 5.74) is 0. The molecule has 264 valence electrons. The summed E-state index contributed by atoms with van der Waals surface area (Å²) in [6.07, 6.45) is 49.0. The van der Waals surface area contributed by atoms with E-state index in [0.29, 0.717) is 6.61 Å². The standard InChI is InChI=1S/C42H79NO2/c1-3-5-7-9-11-13-15-17-19-21-23-25-27-29-31-33-37-43-38-35-41(36-39-43)42(44)45-40-34-32-30-28-26-24-22-20-18-16-14-12-10-8-6-4-2/h17-20,41H,3-16,21-40H2,1-2H3/b19-17-,20-18-. The number of esters is 1. The van der Waals surface area contributed by atoms with E-state index < -0.39 is 0 Å². The fourth-order valence-corrected chi connectivity index (χ4v) is 6.62. The lowest BCUT2D eigenvalue weighted by molar-refractivity contribution is -0.150. The Kier molecular flexibility index (Phi) is 31.9. The van der Waals surface area contributed by atoms with Gasteiger partial charge in [-0.3, -0.25) is 4.79 Å². The summed E-state index contributed by atoms with van der Waals surface area (Å²) in [5, 5.41) is 0. The minimum atomic E-state index is 0.0691. The smallest absolute Gasteiger partial charge is 0.309 e. The second-order valence-electron chi connectivity index (χ2n) is 14.2. The first-order valence-electron chi connectivity index (χ1n) is 20.5. The molecule has 0 aromatic carbocycles. The molecule has 1 saturated heterocycles. The first-order chi connectivity index (χ1) is 22.3. The van der Waals surface area contributed by atoms with Gasteiger partial charge >= 0.3 is 5.97 Å². The molecular formula is C42H79NO2. The number of carbonyl (C=O) groups excluding carboxylic acids is 1. The van der Waals surface area contributed by atoms with Crippen molar-refractivity contribution in [3.63, 3.8) is 0 Å². The molecule has 0 N–H and O–H groups in total. The van der Waals surface area contributed by atoms with E-state index in [9.17, 15) is 4.79 Å². The van der Waals surface area contributed by atoms with Crippen molar-refractivity contribution >= 4 is 5.97 Å². The van der Waals surface area contributed by atoms with Crippen molar-refractivity contribution in [1.29, 1.82) is 0 Å². The van der Waals surface area contributed by atoms with E-state index >= 15 is 0 Å². The molecule has 45 heavy (non-hydrogen) atoms. The molecule has 3 heteroatoms. The van der Waals surface area contributed by atoms with E-state index in [4.69, 9.17) is 4.74 Å². The van der Waals surface area contributed by atoms with Crippen molar-refractivity contribution < 1.29 is 9.53 Å². The highest BCUT2D eigenvalue weighted by molar-refractivity contribution is 5.72. The van der Waals surface area contributed by atoms with E-state index in [2.05, 4.69) is 43.1 Å². The second kappa shape index (κ2) is 34.3. The number of unbranched alkanes of at least 4 members (excludes halogenated alkanes) is 24. The fraction of sp³-hybridized carbons (Fsp3) is 0.881. The normalized spacial score (nSPS) is 14.7. The van der Waals surface area contributed by atoms with Gasteiger partial charge in [0.25, 0.3) is 0 Å². The van der Waals surface area contributed by atoms with E-state index in [1.165, 1.54) is 180 Å². The van der Waals surface area contributed by atoms with Crippen molar-refractivity contribution in [2.45, 2.75) is 206 Å². The maximum atomic E-state index is 12.5. The van der Waals surface area contributed by atoms with Gasteiger partial charge in [0.15, 0.2) is 0 Å². The molecule has 0 amide bonds. The minimum Gasteiger partial charge on any atom is -0.465 e. The van der Waals surface area contributed by atoms with E-state index in [1.807, 2.05) is 0 Å². The number of piperidine rings is 1. The van der Waals surface area contributed by atoms with Crippen LogP contribution in [0.25, 0.3) is 0 Å². The first-order valence-corrected chi connectivity index (χ1v) is 20.5. The van der Waals surface area contributed by atoms with Crippen LogP contribution in [0, 0.1) is 5.92 Å². The molecule has 0 spiro atoms. The Labute approximate surface area is 282 Å². The Bertz CT molecular complexity index is 664. The molecule has 0 saturated carbocycles. The molecule has 3 nitrogen and oxygen atoms in total. The third-order valence-corrected chi connectivity index (χ3v) is 9.81. The number of nitrogens with zero attached hydrogens (tertiary/aromatic N) is 1. The number of allylic oxidation sites excluding steroid dienone is 4. The molecule has 1 fully saturated rings. The Morgan fingerprint density at radius 1 is 0.511 bits per heavy atom. The van der Waals surface area contributed by atoms with Crippen molar-refractivity contribution in [3.05, 3.63) is 24.3 Å². The largest absolute Gasteiger partial charge is 0.465 e. The highest BCUT2D eigenvalue weighted by atomic mass is 16.5. The molecule has 0 unspecified atom stereocenters. The topological polar surface area (TPSA) is 29.5 Å². The van der Waals surface area contributed by atoms with Crippen LogP contribution in [0.3, 0.4) is 0 Å². The third kappa shape index (κ3) is 28.8. The lowest BCUT2D eigenvalue weighted by Crippen LogP contribution is -2.37. The Morgan fingerprint density at radius 3 is 1.29 bits per heavy atom. The van der Waals surface area contributed by atoms with Crippen LogP contribution in [0.15, 0.2) is 24.3 Å². The predicted octanol–water partition coefficient (Wildman–Crippen LogP) is 13.3. The molecule has 0 aromatic heterocycles. The number of likely N-dealkylation sites (tertiary alicyclic amines) is 1. The number of rotatable bonds is 33. The Morgan fingerprint density at radius 2 is 0.867 bits per heavy atom. The lowest BCUT2D eigenvalue weighted by Gasteiger charge is -2.30. The maximum Gasteiger partial charge on any atom is 0.309 e. The molecule has 0 radical (unpaired) electrons. The molecule has 0 aromatic rings. The molecule has 0 bridgehead atoms. The third-order valence-electron chi connectivity index (χ3n) is 9.81. The fourth-order valence-electron chi connectivity index (χ4n) is 6.62. The number of carbonyl (C=O) groups is 1. The van der Waals surface area contributed by atoms with Gasteiger partial charge in [-0.15, -0.1) is 0 Å². The Hall–Kier alpha value is -1.09. The van der Waals surface area contributed by atoms with E-state index in [-0.39, 0.29) is 11.9 Å². The highest BCUT2D eigenvalue weighted by Crippen LogP contribution is 2.20. The molecule has 0 atom stereocenters. The van der Waals surface area contributed by atoms with Crippen molar-refractivity contribution in [3.8, 4) is 0 Å². The van der Waals surface area contributed by atoms with Gasteiger partial charge in [-0.05, 0) is 96.7 Å². The molecule has 1 heterocycles. The zero-order chi connectivity index (χ0) is 32.3. The van der Waals surface area contributed by atoms with Gasteiger partial charge in [-0.1, -0.05) is 154 Å². The van der Waals surface area contributed by atoms with Crippen LogP contribution >= 0.6 is 0 Å². The van der Waals surface area contributed by atoms with Crippen LogP contribution in [0.5, 0.6) is 0 Å². The van der Waals surface area contributed by atoms with Crippen LogP contribution in [0.4, 0.5) is 0 Å². The maximum absolute atomic E-state index is 12.5. The summed E-state index contributed by atoms with van der Waals surface area (Å²) in [6.45, 7) is 8.53. The van der Waals surface area contributed by atoms with Gasteiger partial charge in [0.05, 0.1) is 12.5 Å². The number of hydrogen-bond acceptors (Lipinski definition) is 3. The van der Waals surface area contributed by atoms with Gasteiger partial charge in [-0.25, -0.2) is 0 Å². The summed E-state index contributed by atoms with van der Waals surface area (Å²) in [4.78, 5) is 15.1. The van der Waals surface area contributed by atoms with Crippen molar-refractivity contribution in [2.24, 2.45) is 5.92 Å². The van der Waals surface area contributed by atoms with Gasteiger partial charge in [0.1, 0.15) is 0 Å². The predicted molar refractivity (Wildman–Crippen MR) is 199 cm³/mol. The van der Waals surface area contributed by atoms with Gasteiger partial charge < -0.3 is 9.64 Å². The molecule has 1 aliphatic rings. The van der Waals surface area contributed by atoms with Gasteiger partial charge in [-0.2, -0.15) is 0 Å². The first kappa shape index (κ1) is 41.9. The quantitative estimate of drug-likeness (QED) is 0.0411. The van der Waals surface area contributed by atoms with Crippen LogP contribution in [0.2, 0.25) is 0 Å². The second-order valence-corrected chi connectivity index (χ2v) is 14.2. The van der Waals surface area contributed by atoms with Gasteiger partial charge in [0, 0.05) is 0 Å². The monoisotopic (exact) mass is 630 g/mol. The number of hydrogen-bond donors (Lipinski definition) is 0. The van der Waals surface area contributed by atoms with E-state index in [1.54, 1.807) is 0 Å². The highest BCUT2D eigenvalue weighted by Gasteiger charge is 2.25. The minimum absolute atomic E-state index is 0.0691. The average Bonchev–Trinajstić information content (AvgIpc) is 3.06. The Balaban J connectivity index is 1.82. The average molecular weight is 630 g/mol. The summed E-state index contributed by atoms with van der Waals surface area (Å²) in [7, 11) is 0. The van der Waals surface area contributed by atoms with Crippen LogP contribution in [-0.2, 0) is 9.53 Å². The molecule has 1 rings (SSSR count). The van der Waals surface area contributed by atoms with E-state index in [0.717, 1.165) is 32.4 Å². The summed E-state index contributed by atoms with van der Waals surface area (Å²) >= 11 is 0. The lowest BCUT2D eigenvalue weighted by atomic mass is 9.96. The van der Waals surface area contributed by atoms with Crippen molar-refractivity contribution in [2.75, 3.05) is 26.2 Å². The zero-order valence-corrected chi connectivity index (χ0v) is 30.7. The summed E-state index contributed by atoms with van der Waals surface area (Å²) in [5.74, 6) is 0.204. The SMILES string of the molecule is CCCCCCCC/C=C\CCCCCCCCOC(=O)C1CCN(CCCCCCCC/C=C\CCCCCCCC)CC1. The number of ether oxygens (including phenoxy) is 1. The van der Waals surface area contributed by atoms with Crippen LogP contribution in [-0.4, -0.2) is 37.1 Å². The van der Waals surface area contributed by atoms with Gasteiger partial charge in [0.2, 0.25) is 0 Å². The summed E-state index contributed by atoms with van der Waals surface area (Å²) < 4.78 is 5.66. The molecule has 0 aliphatic carbocycles. The van der Waals surface area contributed by atoms with Crippen LogP contribution in [0.1, 0.15) is 206 Å². The van der Waals surface area contributed by atoms with Crippen LogP contribution < -0.4 is 0 Å². The zero-order valence-electron chi connectivity index (χ0n) is 30.7. The molecular weight excluding hydrogens is 550 g/mol.